The zero-order valence-electron chi connectivity index (χ0n) is 16.2. The average molecular weight is 517 g/mol. The predicted molar refractivity (Wildman–Crippen MR) is 87.5 cm³/mol. The zero-order chi connectivity index (χ0) is 18.0. The zero-order valence-corrected chi connectivity index (χ0v) is 18.6. The Morgan fingerprint density at radius 1 is 0.346 bits per heavy atom. The van der Waals surface area contributed by atoms with E-state index in [0.717, 1.165) is 0 Å². The van der Waals surface area contributed by atoms with Crippen LogP contribution in [0.15, 0.2) is 0 Å². The minimum absolute atomic E-state index is 0. The Labute approximate surface area is 182 Å². The first-order chi connectivity index (χ1) is 8.00. The first-order valence-electron chi connectivity index (χ1n) is 3.13. The van der Waals surface area contributed by atoms with Gasteiger partial charge in [-0.1, -0.05) is 0 Å². The van der Waals surface area contributed by atoms with Crippen molar-refractivity contribution < 1.29 is 105 Å². The Kier molecular flexibility index (Phi) is 65.0. The van der Waals surface area contributed by atoms with Crippen molar-refractivity contribution in [3.63, 3.8) is 0 Å². The van der Waals surface area contributed by atoms with E-state index in [0.29, 0.717) is 0 Å². The summed E-state index contributed by atoms with van der Waals surface area (Å²) < 4.78 is 35.5. The summed E-state index contributed by atoms with van der Waals surface area (Å²) in [5.41, 5.74) is 0. The first kappa shape index (κ1) is 63.0. The molecule has 0 aromatic carbocycles. The van der Waals surface area contributed by atoms with Crippen LogP contribution in [0.1, 0.15) is 5.71 Å². The molecule has 0 aliphatic rings. The van der Waals surface area contributed by atoms with E-state index in [-0.39, 0.29) is 73.7 Å². The largest absolute Gasteiger partial charge is 2.00 e. The van der Waals surface area contributed by atoms with Gasteiger partial charge in [0.1, 0.15) is 0 Å². The van der Waals surface area contributed by atoms with E-state index >= 15 is 0 Å². The van der Waals surface area contributed by atoms with Gasteiger partial charge in [0.2, 0.25) is 0 Å². The van der Waals surface area contributed by atoms with E-state index in [1.165, 1.54) is 0 Å². The number of hydrogen-bond donors (Lipinski definition) is 12. The molecule has 26 heteroatoms. The number of hydrogen-bond acceptors (Lipinski definition) is 4. The van der Waals surface area contributed by atoms with Crippen LogP contribution in [0.4, 0.5) is 0 Å². The quantitative estimate of drug-likeness (QED) is 0.105. The second-order valence-corrected chi connectivity index (χ2v) is 6.16. The van der Waals surface area contributed by atoms with Crippen LogP contribution in [0.25, 0.3) is 0 Å². The monoisotopic (exact) mass is 516 g/mol. The Hall–Kier alpha value is 1.81. The van der Waals surface area contributed by atoms with E-state index in [1.54, 1.807) is 0 Å². The molecule has 0 radical (unpaired) electrons. The molecule has 26 heavy (non-hydrogen) atoms. The fourth-order valence-corrected chi connectivity index (χ4v) is 0. The maximum absolute atomic E-state index is 8.88. The van der Waals surface area contributed by atoms with Crippen molar-refractivity contribution in [3.05, 3.63) is 0 Å². The number of rotatable bonds is 0. The normalized spacial score (nSPS) is 9.08. The fraction of sp³-hybridized carbons (Fsp3) is 0. The van der Waals surface area contributed by atoms with Gasteiger partial charge < -0.3 is 86.3 Å². The molecule has 0 saturated carbocycles. The topological polar surface area (TPSA) is 437 Å². The van der Waals surface area contributed by atoms with E-state index < -0.39 is 31.3 Å². The van der Waals surface area contributed by atoms with E-state index in [4.69, 9.17) is 77.0 Å². The molecule has 0 unspecified atom stereocenters. The van der Waals surface area contributed by atoms with Crippen LogP contribution in [0.3, 0.4) is 0 Å². The van der Waals surface area contributed by atoms with Crippen LogP contribution in [0.2, 0.25) is 0 Å². The summed E-state index contributed by atoms with van der Waals surface area (Å²) >= 11 is 0. The Morgan fingerprint density at radius 2 is 0.346 bits per heavy atom. The standard InChI is InChI=1S/2Mg.4H3O4P.4H2O.4H/c;;4*1-5(2,3)4;;;;;;;;/h;;4*(H3,1,2,3,4);4*1H2;;;;/q2*+2;;;;;;;;;4*-1. The minimum atomic E-state index is -4.64. The molecular weight excluding hydrogens is 492 g/mol. The molecule has 20 N–H and O–H groups in total. The van der Waals surface area contributed by atoms with Crippen LogP contribution < -0.4 is 0 Å². The molecule has 0 aliphatic heterocycles. The smallest absolute Gasteiger partial charge is 1.00 e. The molecule has 0 bridgehead atoms. The Balaban J connectivity index is -0.00000000853. The molecule has 0 spiro atoms. The Morgan fingerprint density at radius 3 is 0.346 bits per heavy atom. The molecule has 0 saturated heterocycles. The molecule has 0 aliphatic carbocycles. The van der Waals surface area contributed by atoms with Crippen molar-refractivity contribution in [2.45, 2.75) is 0 Å². The second kappa shape index (κ2) is 26.8. The van der Waals surface area contributed by atoms with E-state index in [1.807, 2.05) is 0 Å². The van der Waals surface area contributed by atoms with Gasteiger partial charge in [-0.15, -0.1) is 0 Å². The summed E-state index contributed by atoms with van der Waals surface area (Å²) in [6.07, 6.45) is 0. The molecule has 168 valence electrons. The van der Waals surface area contributed by atoms with Gasteiger partial charge in [0.05, 0.1) is 0 Å². The Bertz CT molecular complexity index is 307. The van der Waals surface area contributed by atoms with Gasteiger partial charge in [0, 0.05) is 0 Å². The SMILES string of the molecule is O.O.O.O.O=P(O)(O)O.O=P(O)(O)O.O=P(O)(O)O.O=P(O)(O)O.[H-].[H-].[H-].[H-].[Mg+2].[Mg+2]. The molecule has 20 nitrogen and oxygen atoms in total. The van der Waals surface area contributed by atoms with E-state index in [9.17, 15) is 0 Å². The molecular formula is H24Mg2O20P4. The number of phosphoric acid groups is 4. The third kappa shape index (κ3) is 4840. The predicted octanol–water partition coefficient (Wildman–Crippen LogP) is -7.32. The van der Waals surface area contributed by atoms with Gasteiger partial charge in [-0.2, -0.15) is 0 Å². The average Bonchev–Trinajstić information content (AvgIpc) is 1.62. The second-order valence-electron chi connectivity index (χ2n) is 2.05. The third-order valence-corrected chi connectivity index (χ3v) is 0. The van der Waals surface area contributed by atoms with Crippen LogP contribution in [-0.4, -0.2) is 127 Å². The van der Waals surface area contributed by atoms with Gasteiger partial charge in [-0.3, -0.25) is 0 Å². The summed E-state index contributed by atoms with van der Waals surface area (Å²) in [7, 11) is -18.6. The van der Waals surface area contributed by atoms with Crippen molar-refractivity contribution in [3.8, 4) is 0 Å². The molecule has 0 fully saturated rings. The minimum Gasteiger partial charge on any atom is -1.00 e. The van der Waals surface area contributed by atoms with Crippen molar-refractivity contribution >= 4 is 77.4 Å². The maximum atomic E-state index is 8.88. The van der Waals surface area contributed by atoms with Crippen molar-refractivity contribution in [1.29, 1.82) is 0 Å². The molecule has 0 aromatic rings. The van der Waals surface area contributed by atoms with Gasteiger partial charge in [-0.05, 0) is 0 Å². The van der Waals surface area contributed by atoms with Crippen molar-refractivity contribution in [2.24, 2.45) is 0 Å². The third-order valence-electron chi connectivity index (χ3n) is 0. The van der Waals surface area contributed by atoms with Crippen LogP contribution in [-0.2, 0) is 18.3 Å². The van der Waals surface area contributed by atoms with E-state index in [2.05, 4.69) is 0 Å². The fourth-order valence-electron chi connectivity index (χ4n) is 0. The van der Waals surface area contributed by atoms with Crippen LogP contribution in [0.5, 0.6) is 0 Å². The van der Waals surface area contributed by atoms with Crippen molar-refractivity contribution in [2.75, 3.05) is 0 Å². The summed E-state index contributed by atoms with van der Waals surface area (Å²) in [5.74, 6) is 0. The summed E-state index contributed by atoms with van der Waals surface area (Å²) in [4.78, 5) is 86.2. The molecule has 0 aromatic heterocycles. The maximum Gasteiger partial charge on any atom is 2.00 e. The molecule has 0 amide bonds. The summed E-state index contributed by atoms with van der Waals surface area (Å²) in [6, 6.07) is 0. The van der Waals surface area contributed by atoms with Gasteiger partial charge in [0.25, 0.3) is 0 Å². The molecule has 0 rings (SSSR count). The van der Waals surface area contributed by atoms with Crippen LogP contribution in [0, 0.1) is 0 Å². The van der Waals surface area contributed by atoms with Crippen molar-refractivity contribution in [1.82, 2.24) is 0 Å². The van der Waals surface area contributed by atoms with Gasteiger partial charge >= 0.3 is 77.4 Å². The first-order valence-corrected chi connectivity index (χ1v) is 9.39. The summed E-state index contributed by atoms with van der Waals surface area (Å²) in [5, 5.41) is 0. The van der Waals surface area contributed by atoms with Gasteiger partial charge in [-0.25, -0.2) is 18.3 Å². The molecule has 0 heterocycles. The van der Waals surface area contributed by atoms with Gasteiger partial charge in [0.15, 0.2) is 0 Å². The molecule has 0 atom stereocenters. The van der Waals surface area contributed by atoms with Crippen LogP contribution >= 0.6 is 31.3 Å². The summed E-state index contributed by atoms with van der Waals surface area (Å²) in [6.45, 7) is 0.